The van der Waals surface area contributed by atoms with E-state index >= 15 is 0 Å². The van der Waals surface area contributed by atoms with Crippen molar-refractivity contribution in [2.24, 2.45) is 11.1 Å². The normalized spacial score (nSPS) is 25.2. The molecule has 0 bridgehead atoms. The van der Waals surface area contributed by atoms with Gasteiger partial charge in [-0.1, -0.05) is 25.9 Å². The maximum atomic E-state index is 11.4. The number of aromatic nitrogens is 2. The van der Waals surface area contributed by atoms with Crippen LogP contribution in [0.4, 0.5) is 0 Å². The molecule has 102 valence electrons. The Labute approximate surface area is 107 Å². The molecule has 18 heavy (non-hydrogen) atoms. The summed E-state index contributed by atoms with van der Waals surface area (Å²) in [5, 5.41) is 3.87. The molecule has 2 heterocycles. The van der Waals surface area contributed by atoms with Gasteiger partial charge in [-0.15, -0.1) is 0 Å². The van der Waals surface area contributed by atoms with Gasteiger partial charge >= 0.3 is 0 Å². The van der Waals surface area contributed by atoms with Gasteiger partial charge < -0.3 is 10.3 Å². The van der Waals surface area contributed by atoms with Gasteiger partial charge in [0.15, 0.2) is 15.7 Å². The third kappa shape index (κ3) is 2.72. The molecule has 2 rings (SSSR count). The van der Waals surface area contributed by atoms with Gasteiger partial charge in [-0.2, -0.15) is 4.98 Å². The number of hydrogen-bond donors (Lipinski definition) is 1. The van der Waals surface area contributed by atoms with Crippen LogP contribution in [0.2, 0.25) is 0 Å². The fraction of sp³-hybridized carbons (Fsp3) is 0.818. The number of hydrogen-bond acceptors (Lipinski definition) is 6. The summed E-state index contributed by atoms with van der Waals surface area (Å²) < 4.78 is 28.0. The average Bonchev–Trinajstić information content (AvgIpc) is 2.81. The quantitative estimate of drug-likeness (QED) is 0.863. The Kier molecular flexibility index (Phi) is 3.23. The van der Waals surface area contributed by atoms with E-state index in [0.717, 1.165) is 0 Å². The van der Waals surface area contributed by atoms with Crippen molar-refractivity contribution in [1.82, 2.24) is 10.1 Å². The van der Waals surface area contributed by atoms with Crippen molar-refractivity contribution in [3.05, 3.63) is 11.7 Å². The second kappa shape index (κ2) is 4.31. The molecule has 1 aromatic heterocycles. The monoisotopic (exact) mass is 273 g/mol. The fourth-order valence-electron chi connectivity index (χ4n) is 1.91. The predicted octanol–water partition coefficient (Wildman–Crippen LogP) is 1.02. The van der Waals surface area contributed by atoms with Crippen molar-refractivity contribution < 1.29 is 12.9 Å². The lowest BCUT2D eigenvalue weighted by atomic mass is 9.87. The zero-order valence-electron chi connectivity index (χ0n) is 10.9. The summed E-state index contributed by atoms with van der Waals surface area (Å²) in [5.41, 5.74) is 5.85. The van der Waals surface area contributed by atoms with Crippen molar-refractivity contribution in [3.8, 4) is 0 Å². The van der Waals surface area contributed by atoms with Gasteiger partial charge in [0.2, 0.25) is 5.89 Å². The first-order chi connectivity index (χ1) is 8.19. The maximum Gasteiger partial charge on any atom is 0.244 e. The van der Waals surface area contributed by atoms with Crippen LogP contribution in [-0.4, -0.2) is 30.1 Å². The first kappa shape index (κ1) is 13.5. The van der Waals surface area contributed by atoms with E-state index in [9.17, 15) is 8.42 Å². The molecule has 0 aliphatic carbocycles. The van der Waals surface area contributed by atoms with Gasteiger partial charge in [-0.3, -0.25) is 0 Å². The van der Waals surface area contributed by atoms with Crippen LogP contribution in [0.1, 0.15) is 50.9 Å². The third-order valence-electron chi connectivity index (χ3n) is 3.25. The summed E-state index contributed by atoms with van der Waals surface area (Å²) >= 11 is 0. The maximum absolute atomic E-state index is 11.4. The van der Waals surface area contributed by atoms with E-state index in [1.165, 1.54) is 0 Å². The molecule has 1 fully saturated rings. The van der Waals surface area contributed by atoms with Crippen LogP contribution in [0.15, 0.2) is 4.52 Å². The Bertz CT molecular complexity index is 530. The average molecular weight is 273 g/mol. The molecule has 7 heteroatoms. The highest BCUT2D eigenvalue weighted by Gasteiger charge is 2.34. The zero-order valence-corrected chi connectivity index (χ0v) is 11.7. The molecule has 1 aromatic rings. The minimum absolute atomic E-state index is 0.108. The van der Waals surface area contributed by atoms with Crippen LogP contribution in [0, 0.1) is 5.41 Å². The molecule has 1 unspecified atom stereocenters. The molecule has 0 aromatic carbocycles. The van der Waals surface area contributed by atoms with Crippen molar-refractivity contribution in [2.75, 3.05) is 11.5 Å². The molecular weight excluding hydrogens is 254 g/mol. The highest BCUT2D eigenvalue weighted by atomic mass is 32.2. The van der Waals surface area contributed by atoms with E-state index in [1.54, 1.807) is 0 Å². The number of nitrogens with zero attached hydrogens (tertiary/aromatic N) is 2. The van der Waals surface area contributed by atoms with E-state index < -0.39 is 9.84 Å². The van der Waals surface area contributed by atoms with Gasteiger partial charge in [0, 0.05) is 5.92 Å². The lowest BCUT2D eigenvalue weighted by Crippen LogP contribution is -2.26. The highest BCUT2D eigenvalue weighted by Crippen LogP contribution is 2.32. The van der Waals surface area contributed by atoms with Crippen LogP contribution in [0.5, 0.6) is 0 Å². The Morgan fingerprint density at radius 2 is 2.11 bits per heavy atom. The first-order valence-corrected chi connectivity index (χ1v) is 7.81. The largest absolute Gasteiger partial charge is 0.338 e. The smallest absolute Gasteiger partial charge is 0.244 e. The van der Waals surface area contributed by atoms with E-state index in [2.05, 4.69) is 10.1 Å². The number of rotatable bonds is 2. The summed E-state index contributed by atoms with van der Waals surface area (Å²) in [5.74, 6) is 0.996. The molecule has 0 amide bonds. The van der Waals surface area contributed by atoms with Crippen LogP contribution in [0.3, 0.4) is 0 Å². The summed E-state index contributed by atoms with van der Waals surface area (Å²) in [6.45, 7) is 5.96. The molecule has 0 saturated carbocycles. The van der Waals surface area contributed by atoms with Crippen molar-refractivity contribution in [3.63, 3.8) is 0 Å². The molecule has 6 nitrogen and oxygen atoms in total. The Morgan fingerprint density at radius 1 is 1.44 bits per heavy atom. The Hall–Kier alpha value is -0.950. The van der Waals surface area contributed by atoms with Gasteiger partial charge in [0.25, 0.3) is 0 Å². The summed E-state index contributed by atoms with van der Waals surface area (Å²) in [7, 11) is -2.94. The minimum atomic E-state index is -2.94. The van der Waals surface area contributed by atoms with E-state index in [-0.39, 0.29) is 28.9 Å². The third-order valence-corrected chi connectivity index (χ3v) is 5.02. The van der Waals surface area contributed by atoms with Crippen LogP contribution >= 0.6 is 0 Å². The SMILES string of the molecule is CC(C)(C)[C@H](N)c1nc(C2CCS(=O)(=O)C2)no1. The topological polar surface area (TPSA) is 99.1 Å². The fourth-order valence-corrected chi connectivity index (χ4v) is 3.65. The summed E-state index contributed by atoms with van der Waals surface area (Å²) in [6, 6.07) is -0.350. The zero-order chi connectivity index (χ0) is 13.6. The van der Waals surface area contributed by atoms with Crippen LogP contribution < -0.4 is 5.73 Å². The molecular formula is C11H19N3O3S. The van der Waals surface area contributed by atoms with Crippen molar-refractivity contribution in [2.45, 2.75) is 39.2 Å². The van der Waals surface area contributed by atoms with Crippen LogP contribution in [0.25, 0.3) is 0 Å². The molecule has 0 radical (unpaired) electrons. The second-order valence-electron chi connectivity index (χ2n) is 5.93. The lowest BCUT2D eigenvalue weighted by Gasteiger charge is -2.23. The number of nitrogens with two attached hydrogens (primary N) is 1. The first-order valence-electron chi connectivity index (χ1n) is 5.98. The van der Waals surface area contributed by atoms with Gasteiger partial charge in [-0.25, -0.2) is 8.42 Å². The van der Waals surface area contributed by atoms with E-state index in [0.29, 0.717) is 18.1 Å². The molecule has 1 aliphatic rings. The molecule has 0 spiro atoms. The lowest BCUT2D eigenvalue weighted by molar-refractivity contribution is 0.252. The van der Waals surface area contributed by atoms with E-state index in [1.807, 2.05) is 20.8 Å². The Morgan fingerprint density at radius 3 is 2.61 bits per heavy atom. The van der Waals surface area contributed by atoms with Crippen molar-refractivity contribution in [1.29, 1.82) is 0 Å². The summed E-state index contributed by atoms with van der Waals surface area (Å²) in [6.07, 6.45) is 0.562. The van der Waals surface area contributed by atoms with Crippen molar-refractivity contribution >= 4 is 9.84 Å². The molecule has 2 N–H and O–H groups in total. The van der Waals surface area contributed by atoms with Gasteiger partial charge in [0.1, 0.15) is 0 Å². The molecule has 1 aliphatic heterocycles. The summed E-state index contributed by atoms with van der Waals surface area (Å²) in [4.78, 5) is 4.26. The second-order valence-corrected chi connectivity index (χ2v) is 8.16. The van der Waals surface area contributed by atoms with Crippen LogP contribution in [-0.2, 0) is 9.84 Å². The standard InChI is InChI=1S/C11H19N3O3S/c1-11(2,3)8(12)10-13-9(14-17-10)7-4-5-18(15,16)6-7/h7-8H,4-6,12H2,1-3H3/t7?,8-/m1/s1. The minimum Gasteiger partial charge on any atom is -0.338 e. The predicted molar refractivity (Wildman–Crippen MR) is 66.7 cm³/mol. The molecule has 1 saturated heterocycles. The van der Waals surface area contributed by atoms with Gasteiger partial charge in [0.05, 0.1) is 17.5 Å². The van der Waals surface area contributed by atoms with Gasteiger partial charge in [-0.05, 0) is 11.8 Å². The number of sulfone groups is 1. The van der Waals surface area contributed by atoms with E-state index in [4.69, 9.17) is 10.3 Å². The Balaban J connectivity index is 2.17. The highest BCUT2D eigenvalue weighted by molar-refractivity contribution is 7.91. The molecule has 2 atom stereocenters.